The monoisotopic (exact) mass is 399 g/mol. The van der Waals surface area contributed by atoms with E-state index in [0.717, 1.165) is 0 Å². The molecule has 1 aliphatic heterocycles. The van der Waals surface area contributed by atoms with Gasteiger partial charge in [0.1, 0.15) is 0 Å². The summed E-state index contributed by atoms with van der Waals surface area (Å²) < 4.78 is 12.8. The molecule has 0 aromatic rings. The molecule has 1 rings (SSSR count). The summed E-state index contributed by atoms with van der Waals surface area (Å²) >= 11 is 0. The van der Waals surface area contributed by atoms with Gasteiger partial charge in [-0.1, -0.05) is 47.6 Å². The minimum atomic E-state index is -2.25. The maximum atomic E-state index is 12.9. The highest BCUT2D eigenvalue weighted by molar-refractivity contribution is 6.75. The summed E-state index contributed by atoms with van der Waals surface area (Å²) in [4.78, 5) is 27.1. The van der Waals surface area contributed by atoms with E-state index in [0.29, 0.717) is 0 Å². The minimum absolute atomic E-state index is 0.0658. The lowest BCUT2D eigenvalue weighted by Gasteiger charge is -2.41. The fourth-order valence-electron chi connectivity index (χ4n) is 2.20. The van der Waals surface area contributed by atoms with Crippen molar-refractivity contribution in [2.75, 3.05) is 6.54 Å². The third-order valence-corrected chi connectivity index (χ3v) is 15.0. The summed E-state index contributed by atoms with van der Waals surface area (Å²) in [5, 5.41) is -0.132. The maximum Gasteiger partial charge on any atom is 0.260 e. The second-order valence-corrected chi connectivity index (χ2v) is 19.7. The second kappa shape index (κ2) is 7.33. The van der Waals surface area contributed by atoms with Crippen LogP contribution in [0.1, 0.15) is 41.5 Å². The van der Waals surface area contributed by atoms with Gasteiger partial charge in [-0.2, -0.15) is 0 Å². The smallest absolute Gasteiger partial charge is 0.260 e. The lowest BCUT2D eigenvalue weighted by molar-refractivity contribution is -0.140. The van der Waals surface area contributed by atoms with Crippen LogP contribution in [0.2, 0.25) is 36.3 Å². The first-order valence-electron chi connectivity index (χ1n) is 9.28. The van der Waals surface area contributed by atoms with Gasteiger partial charge in [-0.05, 0) is 36.3 Å². The second-order valence-electron chi connectivity index (χ2n) is 10.2. The molecule has 1 saturated heterocycles. The molecular formula is C19H37NO4Si2. The van der Waals surface area contributed by atoms with Crippen molar-refractivity contribution in [1.29, 1.82) is 0 Å². The largest absolute Gasteiger partial charge is 0.403 e. The lowest BCUT2D eigenvalue weighted by Crippen LogP contribution is -2.52. The normalized spacial score (nSPS) is 22.9. The molecule has 2 atom stereocenters. The van der Waals surface area contributed by atoms with Crippen LogP contribution in [0.5, 0.6) is 0 Å². The Labute approximate surface area is 161 Å². The van der Waals surface area contributed by atoms with Crippen molar-refractivity contribution in [3.8, 4) is 0 Å². The molecule has 0 N–H and O–H groups in total. The Hall–Kier alpha value is -0.766. The summed E-state index contributed by atoms with van der Waals surface area (Å²) in [5.41, 5.74) is 0. The Balaban J connectivity index is 3.26. The number of rotatable bonds is 6. The number of hydrogen-bond acceptors (Lipinski definition) is 4. The van der Waals surface area contributed by atoms with Gasteiger partial charge >= 0.3 is 0 Å². The zero-order valence-corrected chi connectivity index (χ0v) is 20.2. The summed E-state index contributed by atoms with van der Waals surface area (Å²) in [7, 11) is -4.49. The molecule has 5 nitrogen and oxygen atoms in total. The standard InChI is InChI=1S/C19H37NO4Si2/c1-12-13-20-16(21)14(23-25(8,9)18(2,3)4)15(17(20)22)24-26(10,11)19(5,6)7/h12,14-15H,1,13H2,2-11H3/t14-,15-/m1/s1. The molecule has 0 radical (unpaired) electrons. The van der Waals surface area contributed by atoms with Crippen molar-refractivity contribution in [3.05, 3.63) is 12.7 Å². The van der Waals surface area contributed by atoms with E-state index in [1.165, 1.54) is 4.90 Å². The van der Waals surface area contributed by atoms with E-state index in [1.54, 1.807) is 6.08 Å². The highest BCUT2D eigenvalue weighted by Gasteiger charge is 2.55. The summed E-state index contributed by atoms with van der Waals surface area (Å²) in [6.45, 7) is 24.9. The van der Waals surface area contributed by atoms with E-state index >= 15 is 0 Å². The molecule has 1 aliphatic rings. The van der Waals surface area contributed by atoms with Crippen LogP contribution in [0.25, 0.3) is 0 Å². The molecule has 0 unspecified atom stereocenters. The number of carbonyl (C=O) groups excluding carboxylic acids is 2. The Morgan fingerprint density at radius 1 is 0.885 bits per heavy atom. The van der Waals surface area contributed by atoms with Gasteiger partial charge in [0.2, 0.25) is 0 Å². The maximum absolute atomic E-state index is 12.9. The summed E-state index contributed by atoms with van der Waals surface area (Å²) in [6, 6.07) is 0. The Morgan fingerprint density at radius 3 is 1.42 bits per heavy atom. The molecule has 0 spiro atoms. The van der Waals surface area contributed by atoms with E-state index in [9.17, 15) is 9.59 Å². The first-order valence-corrected chi connectivity index (χ1v) is 15.1. The number of amides is 2. The lowest BCUT2D eigenvalue weighted by atomic mass is 10.2. The van der Waals surface area contributed by atoms with Gasteiger partial charge in [0.15, 0.2) is 28.8 Å². The Morgan fingerprint density at radius 2 is 1.19 bits per heavy atom. The molecule has 0 aromatic heterocycles. The predicted octanol–water partition coefficient (Wildman–Crippen LogP) is 4.32. The third-order valence-electron chi connectivity index (χ3n) is 6.06. The predicted molar refractivity (Wildman–Crippen MR) is 111 cm³/mol. The molecule has 0 bridgehead atoms. The molecule has 0 aromatic carbocycles. The molecular weight excluding hydrogens is 362 g/mol. The van der Waals surface area contributed by atoms with Crippen molar-refractivity contribution in [1.82, 2.24) is 4.90 Å². The van der Waals surface area contributed by atoms with Crippen LogP contribution < -0.4 is 0 Å². The highest BCUT2D eigenvalue weighted by atomic mass is 28.4. The minimum Gasteiger partial charge on any atom is -0.403 e. The third kappa shape index (κ3) is 4.55. The van der Waals surface area contributed by atoms with Gasteiger partial charge in [0.05, 0.1) is 0 Å². The summed E-state index contributed by atoms with van der Waals surface area (Å²) in [5.74, 6) is -0.605. The number of imide groups is 1. The average Bonchev–Trinajstić information content (AvgIpc) is 2.62. The molecule has 2 amide bonds. The molecule has 7 heteroatoms. The van der Waals surface area contributed by atoms with Crippen LogP contribution in [-0.2, 0) is 18.4 Å². The van der Waals surface area contributed by atoms with Crippen molar-refractivity contribution in [2.45, 2.75) is 90.0 Å². The van der Waals surface area contributed by atoms with Crippen LogP contribution in [-0.4, -0.2) is 52.1 Å². The average molecular weight is 400 g/mol. The summed E-state index contributed by atoms with van der Waals surface area (Å²) in [6.07, 6.45) is -0.164. The molecule has 1 heterocycles. The Kier molecular flexibility index (Phi) is 6.56. The van der Waals surface area contributed by atoms with Gasteiger partial charge in [-0.3, -0.25) is 14.5 Å². The van der Waals surface area contributed by atoms with Gasteiger partial charge < -0.3 is 8.85 Å². The van der Waals surface area contributed by atoms with Crippen LogP contribution in [0.15, 0.2) is 12.7 Å². The van der Waals surface area contributed by atoms with Crippen LogP contribution >= 0.6 is 0 Å². The van der Waals surface area contributed by atoms with Crippen LogP contribution in [0.4, 0.5) is 0 Å². The number of nitrogens with zero attached hydrogens (tertiary/aromatic N) is 1. The molecule has 150 valence electrons. The number of carbonyl (C=O) groups is 2. The van der Waals surface area contributed by atoms with Crippen molar-refractivity contribution in [2.24, 2.45) is 0 Å². The number of likely N-dealkylation sites (tertiary alicyclic amines) is 1. The van der Waals surface area contributed by atoms with Crippen LogP contribution in [0, 0.1) is 0 Å². The van der Waals surface area contributed by atoms with Gasteiger partial charge in [-0.25, -0.2) is 0 Å². The van der Waals surface area contributed by atoms with Crippen LogP contribution in [0.3, 0.4) is 0 Å². The number of hydrogen-bond donors (Lipinski definition) is 0. The van der Waals surface area contributed by atoms with Crippen molar-refractivity contribution in [3.63, 3.8) is 0 Å². The van der Waals surface area contributed by atoms with E-state index in [2.05, 4.69) is 74.3 Å². The van der Waals surface area contributed by atoms with Gasteiger partial charge in [0.25, 0.3) is 11.8 Å². The zero-order valence-electron chi connectivity index (χ0n) is 18.2. The molecule has 1 fully saturated rings. The molecule has 0 aliphatic carbocycles. The van der Waals surface area contributed by atoms with E-state index in [-0.39, 0.29) is 28.4 Å². The highest BCUT2D eigenvalue weighted by Crippen LogP contribution is 2.42. The molecule has 26 heavy (non-hydrogen) atoms. The first-order chi connectivity index (χ1) is 11.5. The fourth-order valence-corrected chi connectivity index (χ4v) is 4.62. The van der Waals surface area contributed by atoms with Crippen molar-refractivity contribution < 1.29 is 18.4 Å². The SMILES string of the molecule is C=CCN1C(=O)[C@H](O[Si](C)(C)C(C)(C)C)[C@@H](O[Si](C)(C)C(C)(C)C)C1=O. The van der Waals surface area contributed by atoms with Crippen molar-refractivity contribution >= 4 is 28.4 Å². The van der Waals surface area contributed by atoms with E-state index < -0.39 is 28.8 Å². The quantitative estimate of drug-likeness (QED) is 0.379. The first kappa shape index (κ1) is 23.3. The molecule has 0 saturated carbocycles. The van der Waals surface area contributed by atoms with Gasteiger partial charge in [-0.15, -0.1) is 6.58 Å². The fraction of sp³-hybridized carbons (Fsp3) is 0.789. The zero-order chi connectivity index (χ0) is 20.7. The van der Waals surface area contributed by atoms with E-state index in [1.807, 2.05) is 0 Å². The van der Waals surface area contributed by atoms with E-state index in [4.69, 9.17) is 8.85 Å². The van der Waals surface area contributed by atoms with Gasteiger partial charge in [0, 0.05) is 6.54 Å². The Bertz CT molecular complexity index is 527. The topological polar surface area (TPSA) is 55.8 Å².